The minimum atomic E-state index is -0.173. The monoisotopic (exact) mass is 388 g/mol. The molecule has 0 aliphatic carbocycles. The first-order chi connectivity index (χ1) is 13.7. The normalized spacial score (nSPS) is 16.8. The average molecular weight is 388 g/mol. The number of phenolic OH excluding ortho intramolecular Hbond substituents is 1. The summed E-state index contributed by atoms with van der Waals surface area (Å²) >= 11 is 0. The van der Waals surface area contributed by atoms with Crippen LogP contribution in [0.3, 0.4) is 0 Å². The van der Waals surface area contributed by atoms with Crippen LogP contribution in [-0.2, 0) is 0 Å². The Hall–Kier alpha value is -2.80. The lowest BCUT2D eigenvalue weighted by atomic mass is 9.94. The van der Waals surface area contributed by atoms with Crippen LogP contribution in [0.15, 0.2) is 24.3 Å². The highest BCUT2D eigenvalue weighted by atomic mass is 16.7. The van der Waals surface area contributed by atoms with Crippen LogP contribution in [0, 0.1) is 0 Å². The fourth-order valence-electron chi connectivity index (χ4n) is 4.19. The molecule has 2 aliphatic rings. The largest absolute Gasteiger partial charge is 0.507 e. The number of likely N-dealkylation sites (tertiary alicyclic amines) is 1. The maximum atomic E-state index is 10.8. The summed E-state index contributed by atoms with van der Waals surface area (Å²) in [5.41, 5.74) is 1.65. The number of nitrogens with one attached hydrogen (secondary N) is 1. The first-order valence-electron chi connectivity index (χ1n) is 9.43. The summed E-state index contributed by atoms with van der Waals surface area (Å²) in [6, 6.07) is 7.03. The molecular weight excluding hydrogens is 362 g/mol. The van der Waals surface area contributed by atoms with Gasteiger partial charge in [-0.15, -0.1) is 0 Å². The summed E-state index contributed by atoms with van der Waals surface area (Å²) in [7, 11) is 4.88. The molecule has 7 nitrogen and oxygen atoms in total. The number of benzene rings is 2. The van der Waals surface area contributed by atoms with E-state index >= 15 is 0 Å². The SMILES string of the molecule is COc1cc(OC)c([C@@H](c2cc3c(cc2O)OCO3)[NH+]2CCCC2)c(OC)c1. The molecule has 2 aromatic carbocycles. The van der Waals surface area contributed by atoms with Crippen molar-refractivity contribution in [2.75, 3.05) is 41.2 Å². The quantitative estimate of drug-likeness (QED) is 0.788. The Morgan fingerprint density at radius 3 is 2.07 bits per heavy atom. The Balaban J connectivity index is 1.91. The number of aromatic hydroxyl groups is 1. The molecule has 0 aromatic heterocycles. The van der Waals surface area contributed by atoms with E-state index in [1.807, 2.05) is 18.2 Å². The fourth-order valence-corrected chi connectivity index (χ4v) is 4.19. The van der Waals surface area contributed by atoms with Crippen LogP contribution in [-0.4, -0.2) is 46.3 Å². The van der Waals surface area contributed by atoms with Crippen LogP contribution in [0.2, 0.25) is 0 Å². The van der Waals surface area contributed by atoms with Crippen LogP contribution < -0.4 is 28.6 Å². The molecule has 0 radical (unpaired) electrons. The van der Waals surface area contributed by atoms with Crippen molar-refractivity contribution in [2.45, 2.75) is 18.9 Å². The lowest BCUT2D eigenvalue weighted by molar-refractivity contribution is -0.913. The van der Waals surface area contributed by atoms with Crippen LogP contribution >= 0.6 is 0 Å². The van der Waals surface area contributed by atoms with Gasteiger partial charge in [-0.2, -0.15) is 0 Å². The van der Waals surface area contributed by atoms with E-state index in [1.54, 1.807) is 27.4 Å². The molecule has 0 spiro atoms. The third-order valence-corrected chi connectivity index (χ3v) is 5.53. The molecule has 0 saturated carbocycles. The predicted octanol–water partition coefficient (Wildman–Crippen LogP) is 1.91. The Bertz CT molecular complexity index is 837. The van der Waals surface area contributed by atoms with Gasteiger partial charge in [-0.3, -0.25) is 0 Å². The number of fused-ring (bicyclic) bond motifs is 1. The second-order valence-electron chi connectivity index (χ2n) is 7.01. The summed E-state index contributed by atoms with van der Waals surface area (Å²) in [5, 5.41) is 10.8. The zero-order valence-corrected chi connectivity index (χ0v) is 16.4. The zero-order valence-electron chi connectivity index (χ0n) is 16.4. The minimum Gasteiger partial charge on any atom is -0.507 e. The average Bonchev–Trinajstić information content (AvgIpc) is 3.40. The van der Waals surface area contributed by atoms with E-state index in [-0.39, 0.29) is 18.6 Å². The number of phenols is 1. The summed E-state index contributed by atoms with van der Waals surface area (Å²) in [4.78, 5) is 1.34. The maximum Gasteiger partial charge on any atom is 0.231 e. The van der Waals surface area contributed by atoms with Gasteiger partial charge in [0.05, 0.1) is 45.5 Å². The van der Waals surface area contributed by atoms with Gasteiger partial charge in [-0.1, -0.05) is 0 Å². The lowest BCUT2D eigenvalue weighted by Crippen LogP contribution is -3.10. The molecule has 4 rings (SSSR count). The van der Waals surface area contributed by atoms with Gasteiger partial charge in [-0.05, 0) is 6.07 Å². The number of hydrogen-bond acceptors (Lipinski definition) is 6. The number of hydrogen-bond donors (Lipinski definition) is 2. The standard InChI is InChI=1S/C21H25NO6/c1-24-13-8-18(25-2)20(19(9-13)26-3)21(22-6-4-5-7-22)14-10-16-17(11-15(14)23)28-12-27-16/h8-11,21,23H,4-7,12H2,1-3H3/p+1/t21-/m1/s1. The molecule has 0 bridgehead atoms. The Labute approximate surface area is 164 Å². The molecule has 150 valence electrons. The van der Waals surface area contributed by atoms with Crippen molar-refractivity contribution in [3.8, 4) is 34.5 Å². The molecule has 2 N–H and O–H groups in total. The Morgan fingerprint density at radius 1 is 0.893 bits per heavy atom. The minimum absolute atomic E-state index is 0.161. The molecule has 7 heteroatoms. The van der Waals surface area contributed by atoms with Crippen LogP contribution in [0.1, 0.15) is 30.0 Å². The Kier molecular flexibility index (Phi) is 5.09. The Morgan fingerprint density at radius 2 is 1.50 bits per heavy atom. The summed E-state index contributed by atoms with van der Waals surface area (Å²) in [6.07, 6.45) is 2.27. The first-order valence-corrected chi connectivity index (χ1v) is 9.43. The van der Waals surface area contributed by atoms with Gasteiger partial charge >= 0.3 is 0 Å². The highest BCUT2D eigenvalue weighted by Crippen LogP contribution is 2.45. The van der Waals surface area contributed by atoms with Crippen LogP contribution in [0.5, 0.6) is 34.5 Å². The van der Waals surface area contributed by atoms with Crippen LogP contribution in [0.25, 0.3) is 0 Å². The van der Waals surface area contributed by atoms with Crippen molar-refractivity contribution in [3.05, 3.63) is 35.4 Å². The van der Waals surface area contributed by atoms with Gasteiger partial charge < -0.3 is 33.7 Å². The van der Waals surface area contributed by atoms with E-state index in [4.69, 9.17) is 23.7 Å². The third kappa shape index (κ3) is 3.16. The third-order valence-electron chi connectivity index (χ3n) is 5.53. The summed E-state index contributed by atoms with van der Waals surface area (Å²) < 4.78 is 27.8. The van der Waals surface area contributed by atoms with Gasteiger partial charge in [0.15, 0.2) is 11.5 Å². The molecule has 2 aromatic rings. The summed E-state index contributed by atoms with van der Waals surface area (Å²) in [6.45, 7) is 2.16. The van der Waals surface area contributed by atoms with Gasteiger partial charge in [0.2, 0.25) is 6.79 Å². The molecule has 1 fully saturated rings. The van der Waals surface area contributed by atoms with E-state index in [1.165, 1.54) is 4.90 Å². The van der Waals surface area contributed by atoms with Gasteiger partial charge in [0.25, 0.3) is 0 Å². The number of quaternary nitrogens is 1. The van der Waals surface area contributed by atoms with E-state index < -0.39 is 0 Å². The number of rotatable bonds is 6. The molecule has 2 aliphatic heterocycles. The van der Waals surface area contributed by atoms with Crippen molar-refractivity contribution in [3.63, 3.8) is 0 Å². The van der Waals surface area contributed by atoms with E-state index in [0.717, 1.165) is 37.1 Å². The van der Waals surface area contributed by atoms with Gasteiger partial charge in [0, 0.05) is 31.0 Å². The van der Waals surface area contributed by atoms with Gasteiger partial charge in [-0.25, -0.2) is 0 Å². The number of ether oxygens (including phenoxy) is 5. The maximum absolute atomic E-state index is 10.8. The van der Waals surface area contributed by atoms with Crippen molar-refractivity contribution in [1.82, 2.24) is 0 Å². The van der Waals surface area contributed by atoms with Crippen molar-refractivity contribution < 1.29 is 33.7 Å². The van der Waals surface area contributed by atoms with E-state index in [0.29, 0.717) is 28.7 Å². The van der Waals surface area contributed by atoms with Crippen molar-refractivity contribution in [1.29, 1.82) is 0 Å². The molecule has 0 amide bonds. The highest BCUT2D eigenvalue weighted by Gasteiger charge is 2.37. The molecule has 1 atom stereocenters. The molecule has 1 saturated heterocycles. The predicted molar refractivity (Wildman–Crippen MR) is 102 cm³/mol. The molecule has 2 heterocycles. The summed E-state index contributed by atoms with van der Waals surface area (Å²) in [5.74, 6) is 3.36. The second-order valence-corrected chi connectivity index (χ2v) is 7.01. The van der Waals surface area contributed by atoms with E-state index in [2.05, 4.69) is 0 Å². The number of methoxy groups -OCH3 is 3. The van der Waals surface area contributed by atoms with Crippen molar-refractivity contribution in [2.24, 2.45) is 0 Å². The zero-order chi connectivity index (χ0) is 19.7. The molecule has 28 heavy (non-hydrogen) atoms. The van der Waals surface area contributed by atoms with Gasteiger partial charge in [0.1, 0.15) is 29.0 Å². The van der Waals surface area contributed by atoms with Crippen molar-refractivity contribution >= 4 is 0 Å². The first kappa shape index (κ1) is 18.6. The lowest BCUT2D eigenvalue weighted by Gasteiger charge is -2.28. The van der Waals surface area contributed by atoms with Crippen LogP contribution in [0.4, 0.5) is 0 Å². The van der Waals surface area contributed by atoms with E-state index in [9.17, 15) is 5.11 Å². The molecule has 0 unspecified atom stereocenters. The second kappa shape index (κ2) is 7.67. The molecular formula is C21H26NO6+. The topological polar surface area (TPSA) is 70.8 Å². The smallest absolute Gasteiger partial charge is 0.231 e. The fraction of sp³-hybridized carbons (Fsp3) is 0.429. The highest BCUT2D eigenvalue weighted by molar-refractivity contribution is 5.58.